The van der Waals surface area contributed by atoms with Crippen LogP contribution in [-0.2, 0) is 9.59 Å². The van der Waals surface area contributed by atoms with Crippen molar-refractivity contribution in [2.24, 2.45) is 0 Å². The molecule has 0 bridgehead atoms. The number of rotatable bonds is 6. The highest BCUT2D eigenvalue weighted by molar-refractivity contribution is 7.99. The van der Waals surface area contributed by atoms with Crippen molar-refractivity contribution >= 4 is 23.6 Å². The minimum Gasteiger partial charge on any atom is -0.481 e. The van der Waals surface area contributed by atoms with E-state index in [-0.39, 0.29) is 18.5 Å². The Bertz CT molecular complexity index is 475. The molecule has 2 atom stereocenters. The van der Waals surface area contributed by atoms with Gasteiger partial charge in [0.2, 0.25) is 5.91 Å². The second-order valence-electron chi connectivity index (χ2n) is 5.04. The largest absolute Gasteiger partial charge is 0.481 e. The van der Waals surface area contributed by atoms with E-state index >= 15 is 0 Å². The van der Waals surface area contributed by atoms with Crippen LogP contribution in [0.3, 0.4) is 0 Å². The minimum atomic E-state index is -0.923. The van der Waals surface area contributed by atoms with Gasteiger partial charge in [-0.15, -0.1) is 0 Å². The van der Waals surface area contributed by atoms with Gasteiger partial charge in [-0.3, -0.25) is 9.59 Å². The smallest absolute Gasteiger partial charge is 0.312 e. The highest BCUT2D eigenvalue weighted by Gasteiger charge is 2.22. The molecule has 1 aliphatic heterocycles. The number of amides is 1. The molecule has 114 valence electrons. The van der Waals surface area contributed by atoms with E-state index < -0.39 is 11.9 Å². The molecule has 0 radical (unpaired) electrons. The van der Waals surface area contributed by atoms with Crippen LogP contribution in [0.4, 0.5) is 0 Å². The van der Waals surface area contributed by atoms with Gasteiger partial charge in [-0.1, -0.05) is 30.3 Å². The first-order valence-electron chi connectivity index (χ1n) is 7.02. The van der Waals surface area contributed by atoms with E-state index in [0.717, 1.165) is 18.1 Å². The molecule has 1 fully saturated rings. The van der Waals surface area contributed by atoms with Crippen LogP contribution in [0.2, 0.25) is 0 Å². The number of aliphatic carboxylic acids is 1. The van der Waals surface area contributed by atoms with Gasteiger partial charge in [-0.2, -0.15) is 11.8 Å². The number of carboxylic acids is 1. The molecule has 0 aliphatic carbocycles. The molecular formula is C15H20N2O3S. The van der Waals surface area contributed by atoms with Crippen molar-refractivity contribution < 1.29 is 14.7 Å². The number of hydrogen-bond donors (Lipinski definition) is 3. The predicted molar refractivity (Wildman–Crippen MR) is 83.6 cm³/mol. The molecule has 1 saturated heterocycles. The number of carbonyl (C=O) groups excluding carboxylic acids is 1. The average molecular weight is 308 g/mol. The zero-order valence-electron chi connectivity index (χ0n) is 11.7. The monoisotopic (exact) mass is 308 g/mol. The molecule has 3 N–H and O–H groups in total. The van der Waals surface area contributed by atoms with Crippen molar-refractivity contribution in [3.8, 4) is 0 Å². The van der Waals surface area contributed by atoms with Crippen molar-refractivity contribution in [2.45, 2.75) is 18.4 Å². The molecule has 1 aromatic carbocycles. The van der Waals surface area contributed by atoms with Crippen LogP contribution < -0.4 is 10.6 Å². The van der Waals surface area contributed by atoms with E-state index in [2.05, 4.69) is 10.6 Å². The van der Waals surface area contributed by atoms with Gasteiger partial charge in [0.1, 0.15) is 0 Å². The average Bonchev–Trinajstić information content (AvgIpc) is 2.49. The Morgan fingerprint density at radius 1 is 1.38 bits per heavy atom. The van der Waals surface area contributed by atoms with Crippen molar-refractivity contribution in [1.29, 1.82) is 0 Å². The van der Waals surface area contributed by atoms with Crippen LogP contribution in [0.15, 0.2) is 30.3 Å². The first kappa shape index (κ1) is 15.9. The zero-order chi connectivity index (χ0) is 15.1. The standard InChI is InChI=1S/C15H20N2O3S/c18-14(8-12-10-21-7-6-16-12)17-9-13(15(19)20)11-4-2-1-3-5-11/h1-5,12-13,16H,6-10H2,(H,17,18)(H,19,20). The van der Waals surface area contributed by atoms with Gasteiger partial charge < -0.3 is 15.7 Å². The van der Waals surface area contributed by atoms with E-state index in [1.54, 1.807) is 24.3 Å². The topological polar surface area (TPSA) is 78.4 Å². The van der Waals surface area contributed by atoms with Crippen LogP contribution in [0.1, 0.15) is 17.9 Å². The highest BCUT2D eigenvalue weighted by atomic mass is 32.2. The fourth-order valence-corrected chi connectivity index (χ4v) is 3.24. The number of nitrogens with one attached hydrogen (secondary N) is 2. The Morgan fingerprint density at radius 3 is 2.76 bits per heavy atom. The zero-order valence-corrected chi connectivity index (χ0v) is 12.6. The highest BCUT2D eigenvalue weighted by Crippen LogP contribution is 2.15. The van der Waals surface area contributed by atoms with Crippen LogP contribution in [-0.4, -0.2) is 47.6 Å². The van der Waals surface area contributed by atoms with Gasteiger partial charge in [0, 0.05) is 37.1 Å². The number of carbonyl (C=O) groups is 2. The van der Waals surface area contributed by atoms with Crippen molar-refractivity contribution in [1.82, 2.24) is 10.6 Å². The third-order valence-electron chi connectivity index (χ3n) is 3.43. The maximum absolute atomic E-state index is 11.9. The van der Waals surface area contributed by atoms with Crippen LogP contribution in [0.25, 0.3) is 0 Å². The quantitative estimate of drug-likeness (QED) is 0.732. The molecule has 1 aliphatic rings. The molecule has 2 rings (SSSR count). The summed E-state index contributed by atoms with van der Waals surface area (Å²) < 4.78 is 0. The SMILES string of the molecule is O=C(CC1CSCCN1)NCC(C(=O)O)c1ccccc1. The summed E-state index contributed by atoms with van der Waals surface area (Å²) in [7, 11) is 0. The molecule has 6 heteroatoms. The van der Waals surface area contributed by atoms with Crippen molar-refractivity contribution in [3.05, 3.63) is 35.9 Å². The van der Waals surface area contributed by atoms with Crippen molar-refractivity contribution in [2.75, 3.05) is 24.6 Å². The van der Waals surface area contributed by atoms with Gasteiger partial charge >= 0.3 is 5.97 Å². The summed E-state index contributed by atoms with van der Waals surface area (Å²) in [6.45, 7) is 1.04. The summed E-state index contributed by atoms with van der Waals surface area (Å²) in [5, 5.41) is 15.3. The maximum Gasteiger partial charge on any atom is 0.312 e. The van der Waals surface area contributed by atoms with E-state index in [1.807, 2.05) is 17.8 Å². The Labute approximate surface area is 128 Å². The molecule has 1 amide bonds. The van der Waals surface area contributed by atoms with Gasteiger partial charge in [-0.05, 0) is 5.56 Å². The van der Waals surface area contributed by atoms with Crippen LogP contribution in [0.5, 0.6) is 0 Å². The Balaban J connectivity index is 1.84. The minimum absolute atomic E-state index is 0.0998. The third kappa shape index (κ3) is 5.06. The number of thioether (sulfide) groups is 1. The predicted octanol–water partition coefficient (Wildman–Crippen LogP) is 1.07. The second kappa shape index (κ2) is 8.05. The fourth-order valence-electron chi connectivity index (χ4n) is 2.30. The van der Waals surface area contributed by atoms with Gasteiger partial charge in [-0.25, -0.2) is 0 Å². The summed E-state index contributed by atoms with van der Waals surface area (Å²) in [5.41, 5.74) is 0.705. The summed E-state index contributed by atoms with van der Waals surface area (Å²) in [6, 6.07) is 9.16. The Morgan fingerprint density at radius 2 is 2.14 bits per heavy atom. The van der Waals surface area contributed by atoms with Gasteiger partial charge in [0.15, 0.2) is 0 Å². The molecule has 0 saturated carbocycles. The number of benzene rings is 1. The van der Waals surface area contributed by atoms with Crippen molar-refractivity contribution in [3.63, 3.8) is 0 Å². The lowest BCUT2D eigenvalue weighted by Crippen LogP contribution is -2.42. The lowest BCUT2D eigenvalue weighted by molar-refractivity contribution is -0.138. The van der Waals surface area contributed by atoms with E-state index in [9.17, 15) is 14.7 Å². The summed E-state index contributed by atoms with van der Waals surface area (Å²) in [6.07, 6.45) is 0.397. The molecule has 1 aromatic rings. The summed E-state index contributed by atoms with van der Waals surface area (Å²) >= 11 is 1.83. The van der Waals surface area contributed by atoms with Crippen LogP contribution >= 0.6 is 11.8 Å². The first-order valence-corrected chi connectivity index (χ1v) is 8.18. The lowest BCUT2D eigenvalue weighted by atomic mass is 9.99. The van der Waals surface area contributed by atoms with E-state index in [4.69, 9.17) is 0 Å². The molecule has 5 nitrogen and oxygen atoms in total. The molecule has 21 heavy (non-hydrogen) atoms. The molecule has 0 aromatic heterocycles. The second-order valence-corrected chi connectivity index (χ2v) is 6.19. The number of carboxylic acid groups (broad SMARTS) is 1. The number of hydrogen-bond acceptors (Lipinski definition) is 4. The molecule has 0 spiro atoms. The molecular weight excluding hydrogens is 288 g/mol. The maximum atomic E-state index is 11.9. The normalized spacial score (nSPS) is 19.7. The molecule has 1 heterocycles. The van der Waals surface area contributed by atoms with Gasteiger partial charge in [0.05, 0.1) is 5.92 Å². The summed E-state index contributed by atoms with van der Waals surface area (Å²) in [5.74, 6) is 0.274. The third-order valence-corrected chi connectivity index (χ3v) is 4.56. The summed E-state index contributed by atoms with van der Waals surface area (Å²) in [4.78, 5) is 23.3. The van der Waals surface area contributed by atoms with E-state index in [0.29, 0.717) is 12.0 Å². The Hall–Kier alpha value is -1.53. The Kier molecular flexibility index (Phi) is 6.07. The lowest BCUT2D eigenvalue weighted by Gasteiger charge is -2.23. The van der Waals surface area contributed by atoms with Crippen LogP contribution in [0, 0.1) is 0 Å². The van der Waals surface area contributed by atoms with Gasteiger partial charge in [0.25, 0.3) is 0 Å². The van der Waals surface area contributed by atoms with E-state index in [1.165, 1.54) is 0 Å². The fraction of sp³-hybridized carbons (Fsp3) is 0.467. The molecule has 2 unspecified atom stereocenters. The first-order chi connectivity index (χ1) is 10.2.